The van der Waals surface area contributed by atoms with Crippen molar-refractivity contribution in [1.82, 2.24) is 0 Å². The number of aryl methyl sites for hydroxylation is 1. The van der Waals surface area contributed by atoms with Crippen LogP contribution in [0.4, 0.5) is 0 Å². The summed E-state index contributed by atoms with van der Waals surface area (Å²) in [6, 6.07) is 10.3. The molecule has 1 rings (SSSR count). The molecule has 9 heavy (non-hydrogen) atoms. The van der Waals surface area contributed by atoms with Gasteiger partial charge in [0.25, 0.3) is 0 Å². The van der Waals surface area contributed by atoms with Gasteiger partial charge in [-0.25, -0.2) is 0 Å². The SMILES string of the molecule is Cc1ccccc1.[H-].[Na+].[V]. The molecule has 1 aromatic carbocycles. The monoisotopic (exact) mass is 167 g/mol. The average Bonchev–Trinajstić information content (AvgIpc) is 1.69. The van der Waals surface area contributed by atoms with Crippen molar-refractivity contribution < 1.29 is 49.5 Å². The van der Waals surface area contributed by atoms with E-state index in [-0.39, 0.29) is 49.5 Å². The topological polar surface area (TPSA) is 0 Å². The molecule has 0 aliphatic heterocycles. The molecule has 0 unspecified atom stereocenters. The Hall–Kier alpha value is 0.804. The standard InChI is InChI=1S/C7H8.Na.V.H/c1-7-5-3-2-4-6-7;;;/h2-6H,1H3;;;/q;+1;;-1. The zero-order valence-corrected chi connectivity index (χ0v) is 9.23. The molecule has 0 heterocycles. The maximum atomic E-state index is 2.08. The van der Waals surface area contributed by atoms with Gasteiger partial charge in [0.15, 0.2) is 0 Å². The summed E-state index contributed by atoms with van der Waals surface area (Å²) in [5.74, 6) is 0. The maximum absolute atomic E-state index is 2.08. The van der Waals surface area contributed by atoms with E-state index in [0.29, 0.717) is 0 Å². The van der Waals surface area contributed by atoms with Crippen LogP contribution in [0.15, 0.2) is 30.3 Å². The Morgan fingerprint density at radius 2 is 1.56 bits per heavy atom. The Kier molecular flexibility index (Phi) is 9.59. The van der Waals surface area contributed by atoms with E-state index < -0.39 is 0 Å². The Morgan fingerprint density at radius 1 is 1.11 bits per heavy atom. The average molecular weight is 167 g/mol. The first-order chi connectivity index (χ1) is 3.39. The molecule has 0 bridgehead atoms. The fourth-order valence-corrected chi connectivity index (χ4v) is 0.534. The Bertz CT molecular complexity index is 144. The molecule has 0 aromatic heterocycles. The van der Waals surface area contributed by atoms with Crippen molar-refractivity contribution in [2.45, 2.75) is 6.92 Å². The van der Waals surface area contributed by atoms with Crippen LogP contribution in [-0.4, -0.2) is 0 Å². The first-order valence-electron chi connectivity index (χ1n) is 2.41. The molecule has 0 amide bonds. The Balaban J connectivity index is -0.000000163. The smallest absolute Gasteiger partial charge is 1.00 e. The minimum absolute atomic E-state index is 0. The second kappa shape index (κ2) is 6.92. The van der Waals surface area contributed by atoms with Gasteiger partial charge in [0.05, 0.1) is 0 Å². The molecule has 2 heteroatoms. The molecule has 0 fully saturated rings. The van der Waals surface area contributed by atoms with Gasteiger partial charge in [-0.15, -0.1) is 0 Å². The third kappa shape index (κ3) is 5.26. The zero-order valence-electron chi connectivity index (χ0n) is 6.83. The van der Waals surface area contributed by atoms with E-state index in [1.54, 1.807) is 0 Å². The van der Waals surface area contributed by atoms with Crippen LogP contribution in [0, 0.1) is 6.92 Å². The van der Waals surface area contributed by atoms with Crippen LogP contribution >= 0.6 is 0 Å². The summed E-state index contributed by atoms with van der Waals surface area (Å²) in [4.78, 5) is 0. The minimum Gasteiger partial charge on any atom is -1.00 e. The summed E-state index contributed by atoms with van der Waals surface area (Å²) in [6.07, 6.45) is 0. The predicted octanol–water partition coefficient (Wildman–Crippen LogP) is -0.891. The van der Waals surface area contributed by atoms with Gasteiger partial charge in [-0.1, -0.05) is 35.9 Å². The minimum atomic E-state index is 0. The molecule has 0 spiro atoms. The van der Waals surface area contributed by atoms with Crippen molar-refractivity contribution in [2.75, 3.05) is 0 Å². The number of benzene rings is 1. The van der Waals surface area contributed by atoms with Gasteiger partial charge in [0.2, 0.25) is 0 Å². The number of hydrogen-bond acceptors (Lipinski definition) is 0. The summed E-state index contributed by atoms with van der Waals surface area (Å²) < 4.78 is 0. The summed E-state index contributed by atoms with van der Waals surface area (Å²) in [5.41, 5.74) is 1.32. The molecular formula is C7H9NaV. The van der Waals surface area contributed by atoms with Gasteiger partial charge in [-0.2, -0.15) is 0 Å². The second-order valence-electron chi connectivity index (χ2n) is 1.65. The van der Waals surface area contributed by atoms with Crippen LogP contribution in [0.25, 0.3) is 0 Å². The quantitative estimate of drug-likeness (QED) is 0.440. The fourth-order valence-electron chi connectivity index (χ4n) is 0.534. The first kappa shape index (κ1) is 12.5. The molecule has 1 aromatic rings. The summed E-state index contributed by atoms with van der Waals surface area (Å²) in [7, 11) is 0. The third-order valence-electron chi connectivity index (χ3n) is 0.940. The molecule has 1 radical (unpaired) electrons. The summed E-state index contributed by atoms with van der Waals surface area (Å²) in [6.45, 7) is 2.08. The van der Waals surface area contributed by atoms with E-state index in [1.807, 2.05) is 18.2 Å². The number of rotatable bonds is 0. The normalized spacial score (nSPS) is 6.78. The molecule has 43 valence electrons. The van der Waals surface area contributed by atoms with Crippen LogP contribution in [0.5, 0.6) is 0 Å². The van der Waals surface area contributed by atoms with Crippen LogP contribution in [0.3, 0.4) is 0 Å². The first-order valence-corrected chi connectivity index (χ1v) is 2.41. The second-order valence-corrected chi connectivity index (χ2v) is 1.65. The van der Waals surface area contributed by atoms with Crippen LogP contribution in [0.2, 0.25) is 0 Å². The Labute approximate surface area is 91.7 Å². The maximum Gasteiger partial charge on any atom is 1.00 e. The van der Waals surface area contributed by atoms with Crippen LogP contribution in [0.1, 0.15) is 6.99 Å². The van der Waals surface area contributed by atoms with E-state index in [9.17, 15) is 0 Å². The van der Waals surface area contributed by atoms with Gasteiger partial charge >= 0.3 is 29.6 Å². The van der Waals surface area contributed by atoms with Crippen LogP contribution in [-0.2, 0) is 18.6 Å². The van der Waals surface area contributed by atoms with E-state index in [1.165, 1.54) is 5.56 Å². The van der Waals surface area contributed by atoms with Gasteiger partial charge in [-0.3, -0.25) is 0 Å². The predicted molar refractivity (Wildman–Crippen MR) is 32.3 cm³/mol. The molecule has 0 aliphatic carbocycles. The molecule has 0 saturated heterocycles. The van der Waals surface area contributed by atoms with Crippen molar-refractivity contribution in [1.29, 1.82) is 0 Å². The molecule has 0 N–H and O–H groups in total. The zero-order chi connectivity index (χ0) is 5.11. The molecule has 0 aliphatic rings. The fraction of sp³-hybridized carbons (Fsp3) is 0.143. The van der Waals surface area contributed by atoms with Gasteiger partial charge in [0, 0.05) is 18.6 Å². The molecule has 0 nitrogen and oxygen atoms in total. The summed E-state index contributed by atoms with van der Waals surface area (Å²) >= 11 is 0. The molecule has 0 atom stereocenters. The van der Waals surface area contributed by atoms with Gasteiger partial charge < -0.3 is 1.43 Å². The molecular weight excluding hydrogens is 158 g/mol. The van der Waals surface area contributed by atoms with Crippen molar-refractivity contribution in [3.63, 3.8) is 0 Å². The number of hydrogen-bond donors (Lipinski definition) is 0. The van der Waals surface area contributed by atoms with E-state index >= 15 is 0 Å². The molecule has 0 saturated carbocycles. The van der Waals surface area contributed by atoms with E-state index in [0.717, 1.165) is 0 Å². The largest absolute Gasteiger partial charge is 1.00 e. The third-order valence-corrected chi connectivity index (χ3v) is 0.940. The van der Waals surface area contributed by atoms with Gasteiger partial charge in [0.1, 0.15) is 0 Å². The summed E-state index contributed by atoms with van der Waals surface area (Å²) in [5, 5.41) is 0. The van der Waals surface area contributed by atoms with Crippen molar-refractivity contribution in [3.8, 4) is 0 Å². The van der Waals surface area contributed by atoms with Crippen molar-refractivity contribution in [3.05, 3.63) is 35.9 Å². The van der Waals surface area contributed by atoms with Crippen LogP contribution < -0.4 is 29.6 Å². The van der Waals surface area contributed by atoms with Gasteiger partial charge in [-0.05, 0) is 6.92 Å². The van der Waals surface area contributed by atoms with E-state index in [2.05, 4.69) is 19.1 Å². The Morgan fingerprint density at radius 3 is 1.78 bits per heavy atom. The van der Waals surface area contributed by atoms with E-state index in [4.69, 9.17) is 0 Å². The van der Waals surface area contributed by atoms with Crippen molar-refractivity contribution in [2.24, 2.45) is 0 Å². The van der Waals surface area contributed by atoms with Crippen molar-refractivity contribution >= 4 is 0 Å².